The molecule has 0 spiro atoms. The minimum Gasteiger partial charge on any atom is -0.380 e. The lowest BCUT2D eigenvalue weighted by atomic mass is 9.93. The monoisotopic (exact) mass is 636 g/mol. The van der Waals surface area contributed by atoms with Crippen LogP contribution in [0.2, 0.25) is 0 Å². The largest absolute Gasteiger partial charge is 0.380 e. The van der Waals surface area contributed by atoms with Crippen LogP contribution in [0, 0.1) is 10.8 Å². The molecule has 46 heavy (non-hydrogen) atoms. The smallest absolute Gasteiger partial charge is 0.242 e. The lowest BCUT2D eigenvalue weighted by Crippen LogP contribution is -2.49. The van der Waals surface area contributed by atoms with Crippen LogP contribution in [0.1, 0.15) is 69.2 Å². The molecule has 2 aromatic carbocycles. The van der Waals surface area contributed by atoms with E-state index in [2.05, 4.69) is 26.0 Å². The third kappa shape index (κ3) is 15.4. The molecule has 2 aromatic rings. The molecule has 0 aliphatic heterocycles. The minimum absolute atomic E-state index is 0.0747. The standard InChI is InChI=1S/C34H52N8O4/c1-33(2,23-46-24-34(3,4)22-40-42-37)21-39-32(45)29(41-31(44)18-26-10-14-28(20-36)15-11-26)7-5-6-16-38-30(43)17-25-8-12-27(19-35)13-9-25/h8-15,29H,5-7,16-24,35-36H2,1-4H3,(H,38,43)(H,39,45)(H,41,44)/t29-/m0/s1. The van der Waals surface area contributed by atoms with Gasteiger partial charge in [-0.05, 0) is 52.5 Å². The van der Waals surface area contributed by atoms with Crippen LogP contribution in [0.15, 0.2) is 53.6 Å². The number of carbonyl (C=O) groups is 3. The van der Waals surface area contributed by atoms with E-state index in [1.165, 1.54) is 0 Å². The van der Waals surface area contributed by atoms with Crippen LogP contribution in [0.25, 0.3) is 10.4 Å². The van der Waals surface area contributed by atoms with E-state index in [-0.39, 0.29) is 41.4 Å². The Kier molecular flexibility index (Phi) is 16.2. The van der Waals surface area contributed by atoms with Gasteiger partial charge in [-0.25, -0.2) is 0 Å². The molecule has 0 unspecified atom stereocenters. The van der Waals surface area contributed by atoms with Crippen LogP contribution in [0.4, 0.5) is 0 Å². The number of ether oxygens (including phenoxy) is 1. The molecule has 252 valence electrons. The molecular weight excluding hydrogens is 584 g/mol. The van der Waals surface area contributed by atoms with E-state index in [0.717, 1.165) is 22.3 Å². The van der Waals surface area contributed by atoms with E-state index < -0.39 is 6.04 Å². The summed E-state index contributed by atoms with van der Waals surface area (Å²) in [7, 11) is 0. The van der Waals surface area contributed by atoms with Gasteiger partial charge in [0.2, 0.25) is 17.7 Å². The third-order valence-corrected chi connectivity index (χ3v) is 7.43. The van der Waals surface area contributed by atoms with E-state index >= 15 is 0 Å². The number of amides is 3. The first-order valence-corrected chi connectivity index (χ1v) is 15.8. The maximum atomic E-state index is 13.3. The van der Waals surface area contributed by atoms with Crippen LogP contribution in [0.5, 0.6) is 0 Å². The van der Waals surface area contributed by atoms with E-state index in [1.54, 1.807) is 0 Å². The molecule has 0 saturated carbocycles. The molecule has 2 rings (SSSR count). The second-order valence-electron chi connectivity index (χ2n) is 13.3. The fourth-order valence-electron chi connectivity index (χ4n) is 4.61. The van der Waals surface area contributed by atoms with Crippen molar-refractivity contribution in [1.82, 2.24) is 16.0 Å². The zero-order chi connectivity index (χ0) is 34.0. The quantitative estimate of drug-likeness (QED) is 0.0600. The number of hydrogen-bond acceptors (Lipinski definition) is 7. The summed E-state index contributed by atoms with van der Waals surface area (Å²) in [4.78, 5) is 41.5. The summed E-state index contributed by atoms with van der Waals surface area (Å²) in [5, 5.41) is 12.5. The van der Waals surface area contributed by atoms with Gasteiger partial charge >= 0.3 is 0 Å². The molecule has 0 aliphatic rings. The van der Waals surface area contributed by atoms with Crippen LogP contribution >= 0.6 is 0 Å². The van der Waals surface area contributed by atoms with E-state index in [0.29, 0.717) is 65.2 Å². The average Bonchev–Trinajstić information content (AvgIpc) is 3.02. The summed E-state index contributed by atoms with van der Waals surface area (Å²) in [5.74, 6) is -0.595. The predicted octanol–water partition coefficient (Wildman–Crippen LogP) is 3.66. The van der Waals surface area contributed by atoms with E-state index in [4.69, 9.17) is 21.7 Å². The van der Waals surface area contributed by atoms with Gasteiger partial charge in [0.1, 0.15) is 6.04 Å². The minimum atomic E-state index is -0.730. The SMILES string of the molecule is CC(C)(CN=[N+]=[N-])COCC(C)(C)CNC(=O)[C@H](CCCCNC(=O)Cc1ccc(CN)cc1)NC(=O)Cc1ccc(CN)cc1. The number of hydrogen-bond donors (Lipinski definition) is 5. The van der Waals surface area contributed by atoms with Crippen molar-refractivity contribution in [2.75, 3.05) is 32.8 Å². The fraction of sp³-hybridized carbons (Fsp3) is 0.559. The molecular formula is C34H52N8O4. The Morgan fingerprint density at radius 2 is 1.33 bits per heavy atom. The van der Waals surface area contributed by atoms with Crippen LogP contribution in [-0.4, -0.2) is 56.6 Å². The number of azide groups is 1. The van der Waals surface area contributed by atoms with Crippen molar-refractivity contribution >= 4 is 17.7 Å². The Morgan fingerprint density at radius 3 is 1.87 bits per heavy atom. The lowest BCUT2D eigenvalue weighted by Gasteiger charge is -2.29. The molecule has 1 atom stereocenters. The third-order valence-electron chi connectivity index (χ3n) is 7.43. The maximum Gasteiger partial charge on any atom is 0.242 e. The molecule has 0 heterocycles. The van der Waals surface area contributed by atoms with Gasteiger partial charge in [0.15, 0.2) is 0 Å². The molecule has 12 nitrogen and oxygen atoms in total. The van der Waals surface area contributed by atoms with Gasteiger partial charge in [-0.2, -0.15) is 0 Å². The Labute approximate surface area is 273 Å². The Balaban J connectivity index is 1.90. The summed E-state index contributed by atoms with van der Waals surface area (Å²) in [5.41, 5.74) is 23.0. The van der Waals surface area contributed by atoms with Crippen molar-refractivity contribution in [3.05, 3.63) is 81.2 Å². The van der Waals surface area contributed by atoms with E-state index in [1.807, 2.05) is 76.2 Å². The molecule has 3 amide bonds. The van der Waals surface area contributed by atoms with Crippen molar-refractivity contribution in [2.45, 2.75) is 78.9 Å². The highest BCUT2D eigenvalue weighted by Crippen LogP contribution is 2.20. The Hall–Kier alpha value is -3.96. The number of unbranched alkanes of at least 4 members (excludes halogenated alkanes) is 1. The van der Waals surface area contributed by atoms with Crippen molar-refractivity contribution in [3.8, 4) is 0 Å². The van der Waals surface area contributed by atoms with Gasteiger partial charge in [0.25, 0.3) is 0 Å². The van der Waals surface area contributed by atoms with Crippen molar-refractivity contribution in [2.24, 2.45) is 27.4 Å². The number of nitrogens with zero attached hydrogens (tertiary/aromatic N) is 3. The molecule has 0 radical (unpaired) electrons. The Bertz CT molecular complexity index is 1290. The van der Waals surface area contributed by atoms with Crippen LogP contribution < -0.4 is 27.4 Å². The molecule has 12 heteroatoms. The number of rotatable bonds is 21. The molecule has 7 N–H and O–H groups in total. The molecule has 0 saturated heterocycles. The van der Waals surface area contributed by atoms with Gasteiger partial charge in [0, 0.05) is 43.1 Å². The second-order valence-corrected chi connectivity index (χ2v) is 13.3. The highest BCUT2D eigenvalue weighted by molar-refractivity contribution is 5.88. The molecule has 0 aromatic heterocycles. The van der Waals surface area contributed by atoms with Crippen molar-refractivity contribution in [3.63, 3.8) is 0 Å². The molecule has 0 aliphatic carbocycles. The predicted molar refractivity (Wildman–Crippen MR) is 180 cm³/mol. The normalized spacial score (nSPS) is 12.1. The number of nitrogens with one attached hydrogen (secondary N) is 3. The van der Waals surface area contributed by atoms with Gasteiger partial charge in [0.05, 0.1) is 26.1 Å². The highest BCUT2D eigenvalue weighted by Gasteiger charge is 2.26. The lowest BCUT2D eigenvalue weighted by molar-refractivity contribution is -0.129. The maximum absolute atomic E-state index is 13.3. The molecule has 0 fully saturated rings. The Morgan fingerprint density at radius 1 is 0.804 bits per heavy atom. The zero-order valence-corrected chi connectivity index (χ0v) is 27.8. The fourth-order valence-corrected chi connectivity index (χ4v) is 4.61. The van der Waals surface area contributed by atoms with E-state index in [9.17, 15) is 14.4 Å². The summed E-state index contributed by atoms with van der Waals surface area (Å²) < 4.78 is 5.91. The number of nitrogens with two attached hydrogens (primary N) is 2. The summed E-state index contributed by atoms with van der Waals surface area (Å²) in [6.07, 6.45) is 2.13. The topological polar surface area (TPSA) is 197 Å². The molecule has 0 bridgehead atoms. The number of carbonyl (C=O) groups excluding carboxylic acids is 3. The first-order valence-electron chi connectivity index (χ1n) is 15.8. The van der Waals surface area contributed by atoms with Gasteiger partial charge < -0.3 is 32.2 Å². The van der Waals surface area contributed by atoms with Gasteiger partial charge in [-0.3, -0.25) is 14.4 Å². The first-order chi connectivity index (χ1) is 21.9. The van der Waals surface area contributed by atoms with Crippen LogP contribution in [-0.2, 0) is 45.1 Å². The van der Waals surface area contributed by atoms with Crippen LogP contribution in [0.3, 0.4) is 0 Å². The van der Waals surface area contributed by atoms with Crippen molar-refractivity contribution < 1.29 is 19.1 Å². The summed E-state index contributed by atoms with van der Waals surface area (Å²) in [6, 6.07) is 14.4. The summed E-state index contributed by atoms with van der Waals surface area (Å²) in [6.45, 7) is 10.7. The van der Waals surface area contributed by atoms with Gasteiger partial charge in [-0.1, -0.05) is 81.3 Å². The van der Waals surface area contributed by atoms with Gasteiger partial charge in [-0.15, -0.1) is 0 Å². The summed E-state index contributed by atoms with van der Waals surface area (Å²) >= 11 is 0. The number of benzene rings is 2. The second kappa shape index (κ2) is 19.5. The zero-order valence-electron chi connectivity index (χ0n) is 27.8. The average molecular weight is 637 g/mol. The first kappa shape index (κ1) is 38.2. The van der Waals surface area contributed by atoms with Crippen molar-refractivity contribution in [1.29, 1.82) is 0 Å². The highest BCUT2D eigenvalue weighted by atomic mass is 16.5.